The minimum atomic E-state index is -3.00. The Morgan fingerprint density at radius 2 is 1.94 bits per heavy atom. The Balaban J connectivity index is 0.00000512. The van der Waals surface area contributed by atoms with Gasteiger partial charge >= 0.3 is 0 Å². The Kier molecular flexibility index (Phi) is 12.0. The van der Waals surface area contributed by atoms with Gasteiger partial charge in [-0.1, -0.05) is 18.2 Å². The maximum absolute atomic E-state index is 11.5. The lowest BCUT2D eigenvalue weighted by Gasteiger charge is -2.21. The first-order chi connectivity index (χ1) is 14.7. The molecule has 180 valence electrons. The molecule has 0 radical (unpaired) electrons. The molecule has 1 atom stereocenters. The minimum Gasteiger partial charge on any atom is -0.375 e. The van der Waals surface area contributed by atoms with Crippen LogP contribution in [0.25, 0.3) is 0 Å². The molecule has 0 amide bonds. The van der Waals surface area contributed by atoms with E-state index in [9.17, 15) is 8.42 Å². The van der Waals surface area contributed by atoms with Crippen LogP contribution in [0.15, 0.2) is 35.3 Å². The molecule has 0 aliphatic rings. The van der Waals surface area contributed by atoms with Gasteiger partial charge in [0.15, 0.2) is 11.8 Å². The first-order valence-corrected chi connectivity index (χ1v) is 12.6. The van der Waals surface area contributed by atoms with Crippen molar-refractivity contribution in [1.29, 1.82) is 0 Å². The number of sulfone groups is 1. The van der Waals surface area contributed by atoms with Crippen molar-refractivity contribution >= 4 is 45.5 Å². The fourth-order valence-electron chi connectivity index (χ4n) is 2.92. The second kappa shape index (κ2) is 13.6. The van der Waals surface area contributed by atoms with Crippen LogP contribution in [0.3, 0.4) is 0 Å². The molecule has 32 heavy (non-hydrogen) atoms. The molecule has 0 fully saturated rings. The minimum absolute atomic E-state index is 0. The van der Waals surface area contributed by atoms with Crippen LogP contribution in [-0.2, 0) is 23.4 Å². The summed E-state index contributed by atoms with van der Waals surface area (Å²) in [5.41, 5.74) is 1.18. The van der Waals surface area contributed by atoms with Gasteiger partial charge in [-0.2, -0.15) is 0 Å². The molecule has 2 aromatic rings. The zero-order valence-electron chi connectivity index (χ0n) is 19.6. The number of hydrogen-bond donors (Lipinski definition) is 2. The van der Waals surface area contributed by atoms with Crippen LogP contribution >= 0.6 is 24.0 Å². The number of nitrogens with one attached hydrogen (secondary N) is 2. The van der Waals surface area contributed by atoms with Gasteiger partial charge in [-0.15, -0.1) is 34.2 Å². The zero-order chi connectivity index (χ0) is 22.9. The average Bonchev–Trinajstić information content (AvgIpc) is 3.05. The van der Waals surface area contributed by atoms with Crippen molar-refractivity contribution in [3.63, 3.8) is 0 Å². The molecule has 1 aromatic heterocycles. The maximum Gasteiger partial charge on any atom is 0.191 e. The first-order valence-electron chi connectivity index (χ1n) is 10.5. The average molecular weight is 578 g/mol. The van der Waals surface area contributed by atoms with E-state index in [1.54, 1.807) is 0 Å². The maximum atomic E-state index is 11.5. The highest BCUT2D eigenvalue weighted by atomic mass is 127. The monoisotopic (exact) mass is 577 g/mol. The molecule has 1 heterocycles. The summed E-state index contributed by atoms with van der Waals surface area (Å²) in [6.45, 7) is 5.87. The molecular weight excluding hydrogens is 541 g/mol. The molecule has 0 bridgehead atoms. The van der Waals surface area contributed by atoms with Crippen LogP contribution in [0, 0.1) is 6.92 Å². The molecule has 0 aliphatic heterocycles. The van der Waals surface area contributed by atoms with Crippen molar-refractivity contribution in [2.75, 3.05) is 37.0 Å². The Morgan fingerprint density at radius 1 is 1.25 bits per heavy atom. The lowest BCUT2D eigenvalue weighted by molar-refractivity contribution is 0.579. The number of para-hydroxylation sites is 1. The number of anilines is 1. The SMILES string of the molecule is Cc1nnc(CN=C(NCCCN(C)c2ccccc2)NC(C)CCS(C)(=O)=O)n1C.I. The summed E-state index contributed by atoms with van der Waals surface area (Å²) in [6.07, 6.45) is 2.69. The quantitative estimate of drug-likeness (QED) is 0.183. The number of rotatable bonds is 11. The van der Waals surface area contributed by atoms with E-state index >= 15 is 0 Å². The summed E-state index contributed by atoms with van der Waals surface area (Å²) in [6, 6.07) is 10.2. The molecule has 0 aliphatic carbocycles. The van der Waals surface area contributed by atoms with E-state index in [-0.39, 0.29) is 35.8 Å². The number of aryl methyl sites for hydroxylation is 1. The summed E-state index contributed by atoms with van der Waals surface area (Å²) in [5.74, 6) is 2.38. The summed E-state index contributed by atoms with van der Waals surface area (Å²) in [7, 11) is 0.990. The standard InChI is InChI=1S/C21H35N7O2S.HI/c1-17(12-15-31(5,29)30)24-21(23-16-20-26-25-18(2)28(20)4)22-13-9-14-27(3)19-10-7-6-8-11-19;/h6-8,10-11,17H,9,12-16H2,1-5H3,(H2,22,23,24);1H. The molecule has 0 saturated carbocycles. The lowest BCUT2D eigenvalue weighted by atomic mass is 10.2. The number of aromatic nitrogens is 3. The molecule has 2 N–H and O–H groups in total. The predicted octanol–water partition coefficient (Wildman–Crippen LogP) is 2.13. The number of aliphatic imine (C=N–C) groups is 1. The van der Waals surface area contributed by atoms with Gasteiger partial charge in [0.1, 0.15) is 22.2 Å². The van der Waals surface area contributed by atoms with Crippen LogP contribution < -0.4 is 15.5 Å². The van der Waals surface area contributed by atoms with Crippen LogP contribution in [-0.4, -0.2) is 67.3 Å². The van der Waals surface area contributed by atoms with Crippen molar-refractivity contribution in [1.82, 2.24) is 25.4 Å². The van der Waals surface area contributed by atoms with Crippen molar-refractivity contribution in [3.8, 4) is 0 Å². The van der Waals surface area contributed by atoms with Gasteiger partial charge in [-0.3, -0.25) is 0 Å². The topological polar surface area (TPSA) is 105 Å². The van der Waals surface area contributed by atoms with E-state index in [0.717, 1.165) is 31.2 Å². The van der Waals surface area contributed by atoms with Gasteiger partial charge in [0, 0.05) is 45.2 Å². The third-order valence-electron chi connectivity index (χ3n) is 5.03. The summed E-state index contributed by atoms with van der Waals surface area (Å²) in [4.78, 5) is 6.85. The normalized spacial score (nSPS) is 12.7. The summed E-state index contributed by atoms with van der Waals surface area (Å²) >= 11 is 0. The number of benzene rings is 1. The van der Waals surface area contributed by atoms with Crippen molar-refractivity contribution < 1.29 is 8.42 Å². The smallest absolute Gasteiger partial charge is 0.191 e. The number of hydrogen-bond acceptors (Lipinski definition) is 6. The highest BCUT2D eigenvalue weighted by Gasteiger charge is 2.11. The van der Waals surface area contributed by atoms with Gasteiger partial charge in [0.2, 0.25) is 0 Å². The fraction of sp³-hybridized carbons (Fsp3) is 0.571. The van der Waals surface area contributed by atoms with Gasteiger partial charge in [-0.05, 0) is 38.8 Å². The van der Waals surface area contributed by atoms with Gasteiger partial charge in [-0.25, -0.2) is 13.4 Å². The fourth-order valence-corrected chi connectivity index (χ4v) is 3.70. The Hall–Kier alpha value is -1.89. The summed E-state index contributed by atoms with van der Waals surface area (Å²) in [5, 5.41) is 14.9. The molecule has 0 saturated heterocycles. The van der Waals surface area contributed by atoms with Crippen molar-refractivity contribution in [2.24, 2.45) is 12.0 Å². The van der Waals surface area contributed by atoms with E-state index in [1.165, 1.54) is 11.9 Å². The van der Waals surface area contributed by atoms with Gasteiger partial charge in [0.05, 0.1) is 5.75 Å². The van der Waals surface area contributed by atoms with Crippen molar-refractivity contribution in [2.45, 2.75) is 39.3 Å². The first kappa shape index (κ1) is 28.1. The zero-order valence-corrected chi connectivity index (χ0v) is 22.7. The van der Waals surface area contributed by atoms with Crippen molar-refractivity contribution in [3.05, 3.63) is 42.0 Å². The third kappa shape index (κ3) is 10.2. The van der Waals surface area contributed by atoms with E-state index in [2.05, 4.69) is 49.9 Å². The van der Waals surface area contributed by atoms with Gasteiger partial charge < -0.3 is 20.1 Å². The molecule has 1 unspecified atom stereocenters. The molecule has 11 heteroatoms. The lowest BCUT2D eigenvalue weighted by Crippen LogP contribution is -2.43. The van der Waals surface area contributed by atoms with E-state index in [1.807, 2.05) is 43.7 Å². The highest BCUT2D eigenvalue weighted by molar-refractivity contribution is 14.0. The highest BCUT2D eigenvalue weighted by Crippen LogP contribution is 2.10. The second-order valence-corrected chi connectivity index (χ2v) is 10.1. The molecule has 2 rings (SSSR count). The predicted molar refractivity (Wildman–Crippen MR) is 142 cm³/mol. The second-order valence-electron chi connectivity index (χ2n) is 7.89. The van der Waals surface area contributed by atoms with E-state index in [4.69, 9.17) is 0 Å². The van der Waals surface area contributed by atoms with Crippen LogP contribution in [0.2, 0.25) is 0 Å². The Bertz CT molecular complexity index is 948. The van der Waals surface area contributed by atoms with Crippen LogP contribution in [0.5, 0.6) is 0 Å². The molecule has 9 nitrogen and oxygen atoms in total. The molecular formula is C21H36IN7O2S. The Labute approximate surface area is 209 Å². The van der Waals surface area contributed by atoms with E-state index in [0.29, 0.717) is 18.9 Å². The summed E-state index contributed by atoms with van der Waals surface area (Å²) < 4.78 is 24.8. The van der Waals surface area contributed by atoms with Crippen LogP contribution in [0.4, 0.5) is 5.69 Å². The third-order valence-corrected chi connectivity index (χ3v) is 6.00. The number of guanidine groups is 1. The largest absolute Gasteiger partial charge is 0.375 e. The molecule has 0 spiro atoms. The Morgan fingerprint density at radius 3 is 2.53 bits per heavy atom. The number of nitrogens with zero attached hydrogens (tertiary/aromatic N) is 5. The molecule has 1 aromatic carbocycles. The van der Waals surface area contributed by atoms with Crippen LogP contribution in [0.1, 0.15) is 31.4 Å². The van der Waals surface area contributed by atoms with Gasteiger partial charge in [0.25, 0.3) is 0 Å². The number of halogens is 1. The van der Waals surface area contributed by atoms with E-state index < -0.39 is 9.84 Å².